The maximum atomic E-state index is 12.8. The third-order valence-corrected chi connectivity index (χ3v) is 7.00. The Hall–Kier alpha value is -2.93. The summed E-state index contributed by atoms with van der Waals surface area (Å²) in [5, 5.41) is 3.71. The standard InChI is InChI=1S/C27H36N4O3/c1-34-27(33)25-7-4-16-31(25)26(32)19-21-8-10-24(11-9-21)30-17-12-23(13-18-30)29-15-3-6-22-5-2-14-28-20-22/h2,5,8-11,14,20,23,25,29H,3-4,6-7,12-13,15-19H2,1H3/t25-/m0/s1. The summed E-state index contributed by atoms with van der Waals surface area (Å²) in [6.07, 6.45) is 10.1. The number of nitrogens with one attached hydrogen (secondary N) is 1. The zero-order chi connectivity index (χ0) is 23.8. The van der Waals surface area contributed by atoms with Gasteiger partial charge in [-0.3, -0.25) is 9.78 Å². The van der Waals surface area contributed by atoms with E-state index in [-0.39, 0.29) is 11.9 Å². The lowest BCUT2D eigenvalue weighted by Gasteiger charge is -2.34. The predicted octanol–water partition coefficient (Wildman–Crippen LogP) is 2.98. The average molecular weight is 465 g/mol. The first-order valence-electron chi connectivity index (χ1n) is 12.5. The van der Waals surface area contributed by atoms with E-state index < -0.39 is 6.04 Å². The number of nitrogens with zero attached hydrogens (tertiary/aromatic N) is 3. The highest BCUT2D eigenvalue weighted by molar-refractivity contribution is 5.86. The van der Waals surface area contributed by atoms with Gasteiger partial charge in [-0.15, -0.1) is 0 Å². The Kier molecular flexibility index (Phi) is 8.52. The summed E-state index contributed by atoms with van der Waals surface area (Å²) in [7, 11) is 1.38. The molecular weight excluding hydrogens is 428 g/mol. The third-order valence-electron chi connectivity index (χ3n) is 7.00. The van der Waals surface area contributed by atoms with E-state index in [2.05, 4.69) is 33.4 Å². The van der Waals surface area contributed by atoms with Gasteiger partial charge in [0, 0.05) is 43.8 Å². The summed E-state index contributed by atoms with van der Waals surface area (Å²) in [6, 6.07) is 12.6. The van der Waals surface area contributed by atoms with Crippen LogP contribution in [0.1, 0.15) is 43.2 Å². The number of hydrogen-bond acceptors (Lipinski definition) is 6. The highest BCUT2D eigenvalue weighted by Gasteiger charge is 2.34. The van der Waals surface area contributed by atoms with Gasteiger partial charge in [0.1, 0.15) is 6.04 Å². The second-order valence-corrected chi connectivity index (χ2v) is 9.29. The van der Waals surface area contributed by atoms with Gasteiger partial charge in [0.2, 0.25) is 5.91 Å². The SMILES string of the molecule is COC(=O)[C@@H]1CCCN1C(=O)Cc1ccc(N2CCC(NCCCc3cccnc3)CC2)cc1. The fourth-order valence-electron chi connectivity index (χ4n) is 5.03. The van der Waals surface area contributed by atoms with Gasteiger partial charge < -0.3 is 19.9 Å². The summed E-state index contributed by atoms with van der Waals surface area (Å²) < 4.78 is 4.86. The zero-order valence-corrected chi connectivity index (χ0v) is 20.1. The number of esters is 1. The second kappa shape index (κ2) is 12.0. The van der Waals surface area contributed by atoms with Gasteiger partial charge in [0.15, 0.2) is 0 Å². The van der Waals surface area contributed by atoms with Crippen molar-refractivity contribution in [3.8, 4) is 0 Å². The van der Waals surface area contributed by atoms with Gasteiger partial charge in [-0.25, -0.2) is 4.79 Å². The van der Waals surface area contributed by atoms with Crippen molar-refractivity contribution in [1.82, 2.24) is 15.2 Å². The molecule has 2 aromatic rings. The van der Waals surface area contributed by atoms with Gasteiger partial charge in [0.05, 0.1) is 13.5 Å². The van der Waals surface area contributed by atoms with Crippen LogP contribution in [0.2, 0.25) is 0 Å². The van der Waals surface area contributed by atoms with Crippen molar-refractivity contribution in [2.45, 2.75) is 57.0 Å². The molecule has 3 heterocycles. The average Bonchev–Trinajstić information content (AvgIpc) is 3.38. The number of anilines is 1. The van der Waals surface area contributed by atoms with E-state index in [1.165, 1.54) is 18.4 Å². The summed E-state index contributed by atoms with van der Waals surface area (Å²) in [6.45, 7) is 3.74. The molecule has 7 nitrogen and oxygen atoms in total. The van der Waals surface area contributed by atoms with Crippen LogP contribution in [0.25, 0.3) is 0 Å². The first-order valence-corrected chi connectivity index (χ1v) is 12.5. The minimum atomic E-state index is -0.429. The number of aromatic nitrogens is 1. The molecule has 0 bridgehead atoms. The quantitative estimate of drug-likeness (QED) is 0.454. The van der Waals surface area contributed by atoms with Crippen LogP contribution in [0.3, 0.4) is 0 Å². The van der Waals surface area contributed by atoms with Gasteiger partial charge in [-0.1, -0.05) is 18.2 Å². The molecular formula is C27H36N4O3. The maximum Gasteiger partial charge on any atom is 0.328 e. The second-order valence-electron chi connectivity index (χ2n) is 9.29. The highest BCUT2D eigenvalue weighted by atomic mass is 16.5. The molecule has 2 aliphatic heterocycles. The van der Waals surface area contributed by atoms with Gasteiger partial charge >= 0.3 is 5.97 Å². The smallest absolute Gasteiger partial charge is 0.328 e. The number of aryl methyl sites for hydroxylation is 1. The van der Waals surface area contributed by atoms with Crippen LogP contribution < -0.4 is 10.2 Å². The highest BCUT2D eigenvalue weighted by Crippen LogP contribution is 2.23. The van der Waals surface area contributed by atoms with E-state index in [9.17, 15) is 9.59 Å². The van der Waals surface area contributed by atoms with Crippen molar-refractivity contribution in [2.24, 2.45) is 0 Å². The Balaban J connectivity index is 1.19. The molecule has 2 fully saturated rings. The van der Waals surface area contributed by atoms with Crippen molar-refractivity contribution in [2.75, 3.05) is 38.2 Å². The van der Waals surface area contributed by atoms with Gasteiger partial charge in [-0.05, 0) is 74.4 Å². The summed E-state index contributed by atoms with van der Waals surface area (Å²) in [4.78, 5) is 33.0. The lowest BCUT2D eigenvalue weighted by molar-refractivity contribution is -0.150. The molecule has 4 rings (SSSR count). The number of rotatable bonds is 9. The number of ether oxygens (including phenoxy) is 1. The number of piperidine rings is 1. The Morgan fingerprint density at radius 2 is 1.85 bits per heavy atom. The molecule has 1 aromatic heterocycles. The van der Waals surface area contributed by atoms with Crippen LogP contribution in [0, 0.1) is 0 Å². The molecule has 1 amide bonds. The van der Waals surface area contributed by atoms with Crippen LogP contribution in [0.5, 0.6) is 0 Å². The van der Waals surface area contributed by atoms with E-state index in [1.807, 2.05) is 30.6 Å². The van der Waals surface area contributed by atoms with Crippen molar-refractivity contribution >= 4 is 17.6 Å². The predicted molar refractivity (Wildman–Crippen MR) is 133 cm³/mol. The van der Waals surface area contributed by atoms with E-state index in [0.717, 1.165) is 57.3 Å². The molecule has 34 heavy (non-hydrogen) atoms. The Morgan fingerprint density at radius 1 is 1.06 bits per heavy atom. The van der Waals surface area contributed by atoms with Crippen LogP contribution >= 0.6 is 0 Å². The number of hydrogen-bond donors (Lipinski definition) is 1. The Labute approximate surface area is 202 Å². The molecule has 182 valence electrons. The summed E-state index contributed by atoms with van der Waals surface area (Å²) in [5.41, 5.74) is 3.49. The first-order chi connectivity index (χ1) is 16.6. The lowest BCUT2D eigenvalue weighted by atomic mass is 10.0. The zero-order valence-electron chi connectivity index (χ0n) is 20.1. The summed E-state index contributed by atoms with van der Waals surface area (Å²) in [5.74, 6) is -0.316. The van der Waals surface area contributed by atoms with Crippen molar-refractivity contribution in [3.63, 3.8) is 0 Å². The molecule has 1 N–H and O–H groups in total. The molecule has 0 spiro atoms. The molecule has 0 saturated carbocycles. The molecule has 1 aromatic carbocycles. The number of amides is 1. The van der Waals surface area contributed by atoms with E-state index in [0.29, 0.717) is 25.4 Å². The van der Waals surface area contributed by atoms with Gasteiger partial charge in [-0.2, -0.15) is 0 Å². The van der Waals surface area contributed by atoms with Crippen molar-refractivity contribution < 1.29 is 14.3 Å². The fourth-order valence-corrected chi connectivity index (χ4v) is 5.03. The first kappa shape index (κ1) is 24.2. The molecule has 0 radical (unpaired) electrons. The number of carbonyl (C=O) groups is 2. The number of methoxy groups -OCH3 is 1. The molecule has 0 unspecified atom stereocenters. The molecule has 2 aliphatic rings. The number of likely N-dealkylation sites (tertiary alicyclic amines) is 1. The molecule has 1 atom stereocenters. The molecule has 7 heteroatoms. The topological polar surface area (TPSA) is 74.8 Å². The van der Waals surface area contributed by atoms with Crippen LogP contribution in [-0.4, -0.2) is 67.1 Å². The van der Waals surface area contributed by atoms with Crippen LogP contribution in [-0.2, 0) is 27.2 Å². The molecule has 0 aliphatic carbocycles. The number of pyridine rings is 1. The minimum absolute atomic E-state index is 0.00364. The molecule has 2 saturated heterocycles. The fraction of sp³-hybridized carbons (Fsp3) is 0.519. The minimum Gasteiger partial charge on any atom is -0.467 e. The Morgan fingerprint density at radius 3 is 2.56 bits per heavy atom. The lowest BCUT2D eigenvalue weighted by Crippen LogP contribution is -2.43. The van der Waals surface area contributed by atoms with Crippen LogP contribution in [0.4, 0.5) is 5.69 Å². The van der Waals surface area contributed by atoms with Crippen molar-refractivity contribution in [3.05, 3.63) is 59.9 Å². The van der Waals surface area contributed by atoms with Gasteiger partial charge in [0.25, 0.3) is 0 Å². The normalized spacial score (nSPS) is 18.8. The Bertz CT molecular complexity index is 927. The van der Waals surface area contributed by atoms with Crippen molar-refractivity contribution in [1.29, 1.82) is 0 Å². The summed E-state index contributed by atoms with van der Waals surface area (Å²) >= 11 is 0. The van der Waals surface area contributed by atoms with Crippen LogP contribution in [0.15, 0.2) is 48.8 Å². The van der Waals surface area contributed by atoms with E-state index >= 15 is 0 Å². The monoisotopic (exact) mass is 464 g/mol. The maximum absolute atomic E-state index is 12.8. The largest absolute Gasteiger partial charge is 0.467 e. The van der Waals surface area contributed by atoms with E-state index in [4.69, 9.17) is 4.74 Å². The van der Waals surface area contributed by atoms with E-state index in [1.54, 1.807) is 4.90 Å². The number of carbonyl (C=O) groups excluding carboxylic acids is 2. The third kappa shape index (κ3) is 6.35. The number of benzene rings is 1.